The van der Waals surface area contributed by atoms with Crippen molar-refractivity contribution in [3.8, 4) is 5.75 Å². The summed E-state index contributed by atoms with van der Waals surface area (Å²) >= 11 is 0. The van der Waals surface area contributed by atoms with Crippen LogP contribution in [-0.2, 0) is 4.79 Å². The van der Waals surface area contributed by atoms with Crippen LogP contribution in [0, 0.1) is 12.8 Å². The number of piperidine rings is 1. The number of anilines is 1. The van der Waals surface area contributed by atoms with Crippen LogP contribution in [0.2, 0.25) is 0 Å². The third-order valence-corrected chi connectivity index (χ3v) is 4.58. The summed E-state index contributed by atoms with van der Waals surface area (Å²) in [5.41, 5.74) is 1.04. The fourth-order valence-corrected chi connectivity index (χ4v) is 3.16. The molecule has 0 spiro atoms. The Morgan fingerprint density at radius 3 is 2.75 bits per heavy atom. The number of aromatic nitrogens is 1. The van der Waals surface area contributed by atoms with Gasteiger partial charge in [-0.05, 0) is 43.5 Å². The van der Waals surface area contributed by atoms with E-state index >= 15 is 0 Å². The monoisotopic (exact) mass is 389 g/mol. The molecule has 1 aliphatic heterocycles. The molecule has 2 amide bonds. The summed E-state index contributed by atoms with van der Waals surface area (Å²) in [6, 6.07) is 9.45. The number of pyridine rings is 1. The number of alkyl halides is 2. The molecule has 1 unspecified atom stereocenters. The van der Waals surface area contributed by atoms with Crippen molar-refractivity contribution < 1.29 is 23.1 Å². The van der Waals surface area contributed by atoms with Gasteiger partial charge in [0.25, 0.3) is 5.91 Å². The number of amides is 2. The quantitative estimate of drug-likeness (QED) is 0.850. The summed E-state index contributed by atoms with van der Waals surface area (Å²) in [6.45, 7) is -0.455. The zero-order chi connectivity index (χ0) is 20.1. The lowest BCUT2D eigenvalue weighted by molar-refractivity contribution is -0.121. The Hall–Kier alpha value is -3.03. The van der Waals surface area contributed by atoms with Crippen molar-refractivity contribution in [3.63, 3.8) is 0 Å². The van der Waals surface area contributed by atoms with Crippen molar-refractivity contribution in [1.29, 1.82) is 0 Å². The molecular formula is C20H21F2N3O3. The topological polar surface area (TPSA) is 71.5 Å². The van der Waals surface area contributed by atoms with Gasteiger partial charge in [-0.1, -0.05) is 18.2 Å². The summed E-state index contributed by atoms with van der Waals surface area (Å²) in [5.74, 6) is -0.759. The molecule has 3 rings (SSSR count). The molecular weight excluding hydrogens is 368 g/mol. The van der Waals surface area contributed by atoms with Gasteiger partial charge in [0.05, 0.1) is 11.5 Å². The highest BCUT2D eigenvalue weighted by Crippen LogP contribution is 2.25. The summed E-state index contributed by atoms with van der Waals surface area (Å²) < 4.78 is 29.7. The molecule has 1 aliphatic rings. The number of carbonyl (C=O) groups excluding carboxylic acids is 2. The van der Waals surface area contributed by atoms with E-state index in [9.17, 15) is 18.4 Å². The van der Waals surface area contributed by atoms with E-state index in [1.165, 1.54) is 23.1 Å². The second-order valence-electron chi connectivity index (χ2n) is 6.68. The van der Waals surface area contributed by atoms with Gasteiger partial charge in [0.1, 0.15) is 11.6 Å². The number of hydrogen-bond donors (Lipinski definition) is 1. The molecule has 1 fully saturated rings. The molecule has 0 bridgehead atoms. The maximum Gasteiger partial charge on any atom is 0.387 e. The zero-order valence-corrected chi connectivity index (χ0v) is 15.4. The van der Waals surface area contributed by atoms with Gasteiger partial charge >= 0.3 is 6.61 Å². The van der Waals surface area contributed by atoms with Gasteiger partial charge in [-0.15, -0.1) is 0 Å². The predicted octanol–water partition coefficient (Wildman–Crippen LogP) is 3.48. The highest BCUT2D eigenvalue weighted by Gasteiger charge is 2.30. The lowest BCUT2D eigenvalue weighted by Gasteiger charge is -2.32. The van der Waals surface area contributed by atoms with Crippen molar-refractivity contribution in [2.45, 2.75) is 26.4 Å². The normalized spacial score (nSPS) is 16.7. The molecule has 1 N–H and O–H groups in total. The number of likely N-dealkylation sites (tertiary alicyclic amines) is 1. The van der Waals surface area contributed by atoms with Gasteiger partial charge in [-0.3, -0.25) is 9.59 Å². The number of aryl methyl sites for hydroxylation is 1. The fraction of sp³-hybridized carbons (Fsp3) is 0.350. The molecule has 1 atom stereocenters. The summed E-state index contributed by atoms with van der Waals surface area (Å²) in [7, 11) is 0. The zero-order valence-electron chi connectivity index (χ0n) is 15.4. The second kappa shape index (κ2) is 8.77. The van der Waals surface area contributed by atoms with Crippen LogP contribution in [0.25, 0.3) is 0 Å². The number of hydrogen-bond acceptors (Lipinski definition) is 4. The predicted molar refractivity (Wildman–Crippen MR) is 99.3 cm³/mol. The van der Waals surface area contributed by atoms with E-state index in [-0.39, 0.29) is 23.8 Å². The molecule has 148 valence electrons. The molecule has 1 saturated heterocycles. The molecule has 0 radical (unpaired) electrons. The lowest BCUT2D eigenvalue weighted by Crippen LogP contribution is -2.44. The van der Waals surface area contributed by atoms with Gasteiger partial charge in [0.15, 0.2) is 0 Å². The summed E-state index contributed by atoms with van der Waals surface area (Å²) in [6.07, 6.45) is 2.94. The maximum atomic E-state index is 12.8. The van der Waals surface area contributed by atoms with E-state index in [1.807, 2.05) is 13.0 Å². The Kier molecular flexibility index (Phi) is 6.18. The first-order valence-corrected chi connectivity index (χ1v) is 9.00. The number of halogens is 2. The van der Waals surface area contributed by atoms with E-state index in [0.717, 1.165) is 5.56 Å². The highest BCUT2D eigenvalue weighted by atomic mass is 19.3. The van der Waals surface area contributed by atoms with Crippen molar-refractivity contribution >= 4 is 17.6 Å². The Labute approximate surface area is 161 Å². The minimum Gasteiger partial charge on any atom is -0.434 e. The van der Waals surface area contributed by atoms with Crippen LogP contribution in [0.15, 0.2) is 42.6 Å². The largest absolute Gasteiger partial charge is 0.434 e. The minimum atomic E-state index is -3.02. The van der Waals surface area contributed by atoms with Crippen LogP contribution in [-0.4, -0.2) is 41.4 Å². The first-order valence-electron chi connectivity index (χ1n) is 9.00. The molecule has 28 heavy (non-hydrogen) atoms. The third-order valence-electron chi connectivity index (χ3n) is 4.58. The molecule has 2 aromatic rings. The first kappa shape index (κ1) is 19.7. The molecule has 2 heterocycles. The molecule has 6 nitrogen and oxygen atoms in total. The first-order chi connectivity index (χ1) is 13.4. The number of carbonyl (C=O) groups is 2. The number of para-hydroxylation sites is 1. The molecule has 1 aromatic carbocycles. The number of rotatable bonds is 5. The average molecular weight is 389 g/mol. The second-order valence-corrected chi connectivity index (χ2v) is 6.68. The molecule has 0 saturated carbocycles. The van der Waals surface area contributed by atoms with Crippen LogP contribution in [0.4, 0.5) is 14.6 Å². The van der Waals surface area contributed by atoms with Crippen molar-refractivity contribution in [2.24, 2.45) is 5.92 Å². The highest BCUT2D eigenvalue weighted by molar-refractivity contribution is 5.98. The van der Waals surface area contributed by atoms with Crippen molar-refractivity contribution in [1.82, 2.24) is 9.88 Å². The van der Waals surface area contributed by atoms with Crippen LogP contribution < -0.4 is 10.1 Å². The summed E-state index contributed by atoms with van der Waals surface area (Å²) in [4.78, 5) is 31.0. The Morgan fingerprint density at radius 1 is 1.25 bits per heavy atom. The Morgan fingerprint density at radius 2 is 2.04 bits per heavy atom. The van der Waals surface area contributed by atoms with E-state index in [1.54, 1.807) is 18.3 Å². The minimum absolute atomic E-state index is 0.0593. The third kappa shape index (κ3) is 4.82. The van der Waals surface area contributed by atoms with E-state index in [2.05, 4.69) is 15.0 Å². The number of nitrogens with one attached hydrogen (secondary N) is 1. The van der Waals surface area contributed by atoms with Crippen molar-refractivity contribution in [3.05, 3.63) is 53.7 Å². The van der Waals surface area contributed by atoms with E-state index in [4.69, 9.17) is 0 Å². The molecule has 0 aliphatic carbocycles. The van der Waals surface area contributed by atoms with Crippen LogP contribution in [0.1, 0.15) is 28.8 Å². The Bertz CT molecular complexity index is 843. The molecule has 1 aromatic heterocycles. The smallest absolute Gasteiger partial charge is 0.387 e. The van der Waals surface area contributed by atoms with Gasteiger partial charge in [-0.25, -0.2) is 4.98 Å². The van der Waals surface area contributed by atoms with Crippen LogP contribution >= 0.6 is 0 Å². The van der Waals surface area contributed by atoms with Gasteiger partial charge in [0, 0.05) is 19.3 Å². The summed E-state index contributed by atoms with van der Waals surface area (Å²) in [5, 5.41) is 2.76. The number of ether oxygens (including phenoxy) is 1. The maximum absolute atomic E-state index is 12.8. The Balaban J connectivity index is 1.68. The fourth-order valence-electron chi connectivity index (χ4n) is 3.16. The lowest BCUT2D eigenvalue weighted by atomic mass is 9.96. The number of benzene rings is 1. The van der Waals surface area contributed by atoms with Crippen molar-refractivity contribution in [2.75, 3.05) is 18.4 Å². The van der Waals surface area contributed by atoms with E-state index in [0.29, 0.717) is 25.2 Å². The van der Waals surface area contributed by atoms with Gasteiger partial charge in [-0.2, -0.15) is 8.78 Å². The van der Waals surface area contributed by atoms with Crippen LogP contribution in [0.5, 0.6) is 5.75 Å². The van der Waals surface area contributed by atoms with Crippen LogP contribution in [0.3, 0.4) is 0 Å². The standard InChI is InChI=1S/C20H21F2N3O3/c1-13-8-9-17(23-11-13)24-18(26)14-5-4-10-25(12-14)19(27)15-6-2-3-7-16(15)28-20(21)22/h2-3,6-9,11,14,20H,4-5,10,12H2,1H3,(H,23,24,26). The van der Waals surface area contributed by atoms with E-state index < -0.39 is 18.4 Å². The van der Waals surface area contributed by atoms with Gasteiger partial charge in [0.2, 0.25) is 5.91 Å². The SMILES string of the molecule is Cc1ccc(NC(=O)C2CCCN(C(=O)c3ccccc3OC(F)F)C2)nc1. The average Bonchev–Trinajstić information content (AvgIpc) is 2.69. The van der Waals surface area contributed by atoms with Gasteiger partial charge < -0.3 is 15.0 Å². The number of nitrogens with zero attached hydrogens (tertiary/aromatic N) is 2. The molecule has 8 heteroatoms.